The lowest BCUT2D eigenvalue weighted by atomic mass is 9.76. The minimum atomic E-state index is 0.532. The third-order valence-corrected chi connectivity index (χ3v) is 5.49. The quantitative estimate of drug-likeness (QED) is 0.734. The van der Waals surface area contributed by atoms with Gasteiger partial charge in [-0.25, -0.2) is 0 Å². The second-order valence-electron chi connectivity index (χ2n) is 6.47. The molecule has 2 rings (SSSR count). The van der Waals surface area contributed by atoms with E-state index in [-0.39, 0.29) is 0 Å². The zero-order chi connectivity index (χ0) is 14.5. The Morgan fingerprint density at radius 2 is 2.15 bits per heavy atom. The Bertz CT molecular complexity index is 429. The Morgan fingerprint density at radius 3 is 2.80 bits per heavy atom. The summed E-state index contributed by atoms with van der Waals surface area (Å²) in [6.07, 6.45) is 6.76. The van der Waals surface area contributed by atoms with E-state index in [1.54, 1.807) is 0 Å². The van der Waals surface area contributed by atoms with E-state index >= 15 is 0 Å². The third kappa shape index (κ3) is 4.08. The topological polar surface area (TPSA) is 12.0 Å². The summed E-state index contributed by atoms with van der Waals surface area (Å²) in [5.41, 5.74) is 2.81. The van der Waals surface area contributed by atoms with Crippen LogP contribution in [0.3, 0.4) is 0 Å². The highest BCUT2D eigenvalue weighted by Crippen LogP contribution is 2.37. The molecule has 0 bridgehead atoms. The number of halogens is 1. The van der Waals surface area contributed by atoms with Crippen molar-refractivity contribution in [3.8, 4) is 0 Å². The summed E-state index contributed by atoms with van der Waals surface area (Å²) in [7, 11) is 0. The summed E-state index contributed by atoms with van der Waals surface area (Å²) >= 11 is 3.62. The number of hydrogen-bond donors (Lipinski definition) is 1. The van der Waals surface area contributed by atoms with Gasteiger partial charge in [0.25, 0.3) is 0 Å². The summed E-state index contributed by atoms with van der Waals surface area (Å²) < 4.78 is 1.22. The van der Waals surface area contributed by atoms with Gasteiger partial charge in [-0.05, 0) is 61.8 Å². The smallest absolute Gasteiger partial charge is 0.0348 e. The van der Waals surface area contributed by atoms with Gasteiger partial charge in [-0.15, -0.1) is 0 Å². The minimum absolute atomic E-state index is 0.532. The number of rotatable bonds is 5. The van der Waals surface area contributed by atoms with Crippen molar-refractivity contribution >= 4 is 15.9 Å². The number of nitrogens with one attached hydrogen (secondary N) is 1. The lowest BCUT2D eigenvalue weighted by Crippen LogP contribution is -2.31. The maximum Gasteiger partial charge on any atom is 0.0348 e. The van der Waals surface area contributed by atoms with E-state index in [4.69, 9.17) is 0 Å². The molecule has 1 aliphatic rings. The number of benzene rings is 1. The fourth-order valence-electron chi connectivity index (χ4n) is 3.50. The zero-order valence-electron chi connectivity index (χ0n) is 13.1. The van der Waals surface area contributed by atoms with Gasteiger partial charge in [0, 0.05) is 10.5 Å². The van der Waals surface area contributed by atoms with Gasteiger partial charge in [0.1, 0.15) is 0 Å². The first-order valence-corrected chi connectivity index (χ1v) is 8.90. The van der Waals surface area contributed by atoms with E-state index in [9.17, 15) is 0 Å². The van der Waals surface area contributed by atoms with Crippen LogP contribution in [-0.4, -0.2) is 6.54 Å². The Labute approximate surface area is 132 Å². The molecule has 0 amide bonds. The van der Waals surface area contributed by atoms with Crippen LogP contribution >= 0.6 is 15.9 Å². The predicted molar refractivity (Wildman–Crippen MR) is 91.0 cm³/mol. The molecule has 20 heavy (non-hydrogen) atoms. The molecule has 112 valence electrons. The normalized spacial score (nSPS) is 24.6. The van der Waals surface area contributed by atoms with Crippen molar-refractivity contribution in [2.75, 3.05) is 6.54 Å². The Kier molecular flexibility index (Phi) is 6.10. The summed E-state index contributed by atoms with van der Waals surface area (Å²) in [6.45, 7) is 7.97. The van der Waals surface area contributed by atoms with Crippen LogP contribution in [-0.2, 0) is 0 Å². The first-order chi connectivity index (χ1) is 9.61. The van der Waals surface area contributed by atoms with Crippen molar-refractivity contribution in [2.24, 2.45) is 11.8 Å². The lowest BCUT2D eigenvalue weighted by Gasteiger charge is -2.34. The van der Waals surface area contributed by atoms with Crippen molar-refractivity contribution in [1.29, 1.82) is 0 Å². The van der Waals surface area contributed by atoms with Crippen LogP contribution in [0, 0.1) is 18.8 Å². The molecule has 1 saturated carbocycles. The molecular formula is C18H28BrN. The van der Waals surface area contributed by atoms with E-state index in [2.05, 4.69) is 60.2 Å². The van der Waals surface area contributed by atoms with Gasteiger partial charge in [-0.1, -0.05) is 54.8 Å². The third-order valence-electron chi connectivity index (χ3n) is 4.60. The summed E-state index contributed by atoms with van der Waals surface area (Å²) in [6, 6.07) is 7.39. The Balaban J connectivity index is 2.19. The van der Waals surface area contributed by atoms with E-state index in [1.807, 2.05) is 0 Å². The standard InChI is InChI=1S/C18H28BrN/c1-4-10-20-18(15-7-5-6-13(2)11-15)16-8-9-17(19)14(3)12-16/h8-9,12-13,15,18,20H,4-7,10-11H2,1-3H3. The summed E-state index contributed by atoms with van der Waals surface area (Å²) in [5, 5.41) is 3.81. The molecular weight excluding hydrogens is 310 g/mol. The van der Waals surface area contributed by atoms with Gasteiger partial charge >= 0.3 is 0 Å². The maximum atomic E-state index is 3.81. The largest absolute Gasteiger partial charge is 0.310 e. The SMILES string of the molecule is CCCNC(c1ccc(Br)c(C)c1)C1CCCC(C)C1. The van der Waals surface area contributed by atoms with E-state index in [0.29, 0.717) is 6.04 Å². The Morgan fingerprint density at radius 1 is 1.35 bits per heavy atom. The van der Waals surface area contributed by atoms with Crippen LogP contribution in [0.15, 0.2) is 22.7 Å². The van der Waals surface area contributed by atoms with E-state index < -0.39 is 0 Å². The molecule has 3 unspecified atom stereocenters. The van der Waals surface area contributed by atoms with Crippen LogP contribution in [0.5, 0.6) is 0 Å². The molecule has 1 N–H and O–H groups in total. The van der Waals surface area contributed by atoms with Gasteiger partial charge in [-0.2, -0.15) is 0 Å². The highest BCUT2D eigenvalue weighted by atomic mass is 79.9. The maximum absolute atomic E-state index is 3.81. The van der Waals surface area contributed by atoms with Crippen molar-refractivity contribution in [3.05, 3.63) is 33.8 Å². The zero-order valence-corrected chi connectivity index (χ0v) is 14.7. The van der Waals surface area contributed by atoms with Gasteiger partial charge in [0.15, 0.2) is 0 Å². The number of hydrogen-bond acceptors (Lipinski definition) is 1. The molecule has 1 fully saturated rings. The molecule has 0 heterocycles. The van der Waals surface area contributed by atoms with E-state index in [1.165, 1.54) is 47.7 Å². The molecule has 1 nitrogen and oxygen atoms in total. The first kappa shape index (κ1) is 16.0. The van der Waals surface area contributed by atoms with Gasteiger partial charge < -0.3 is 5.32 Å². The molecule has 1 aromatic carbocycles. The fraction of sp³-hybridized carbons (Fsp3) is 0.667. The summed E-state index contributed by atoms with van der Waals surface area (Å²) in [5.74, 6) is 1.68. The van der Waals surface area contributed by atoms with Gasteiger partial charge in [0.05, 0.1) is 0 Å². The molecule has 0 spiro atoms. The molecule has 0 aromatic heterocycles. The van der Waals surface area contributed by atoms with Crippen molar-refractivity contribution in [2.45, 2.75) is 58.9 Å². The van der Waals surface area contributed by atoms with Crippen LogP contribution in [0.1, 0.15) is 63.1 Å². The summed E-state index contributed by atoms with van der Waals surface area (Å²) in [4.78, 5) is 0. The highest BCUT2D eigenvalue weighted by Gasteiger charge is 2.27. The highest BCUT2D eigenvalue weighted by molar-refractivity contribution is 9.10. The second kappa shape index (κ2) is 7.61. The number of aryl methyl sites for hydroxylation is 1. The fourth-order valence-corrected chi connectivity index (χ4v) is 3.75. The molecule has 2 heteroatoms. The molecule has 1 aromatic rings. The van der Waals surface area contributed by atoms with Crippen molar-refractivity contribution < 1.29 is 0 Å². The van der Waals surface area contributed by atoms with Gasteiger partial charge in [0.2, 0.25) is 0 Å². The predicted octanol–water partition coefficient (Wildman–Crippen LogP) is 5.62. The average molecular weight is 338 g/mol. The first-order valence-electron chi connectivity index (χ1n) is 8.11. The van der Waals surface area contributed by atoms with Crippen LogP contribution < -0.4 is 5.32 Å². The molecule has 0 aliphatic heterocycles. The van der Waals surface area contributed by atoms with Gasteiger partial charge in [-0.3, -0.25) is 0 Å². The second-order valence-corrected chi connectivity index (χ2v) is 7.33. The van der Waals surface area contributed by atoms with Crippen molar-refractivity contribution in [3.63, 3.8) is 0 Å². The van der Waals surface area contributed by atoms with E-state index in [0.717, 1.165) is 18.4 Å². The molecule has 0 saturated heterocycles. The lowest BCUT2D eigenvalue weighted by molar-refractivity contribution is 0.223. The molecule has 0 radical (unpaired) electrons. The monoisotopic (exact) mass is 337 g/mol. The Hall–Kier alpha value is -0.340. The molecule has 3 atom stereocenters. The van der Waals surface area contributed by atoms with Crippen molar-refractivity contribution in [1.82, 2.24) is 5.32 Å². The molecule has 1 aliphatic carbocycles. The minimum Gasteiger partial charge on any atom is -0.310 e. The van der Waals surface area contributed by atoms with Crippen LogP contribution in [0.25, 0.3) is 0 Å². The van der Waals surface area contributed by atoms with Crippen LogP contribution in [0.4, 0.5) is 0 Å². The van der Waals surface area contributed by atoms with Crippen LogP contribution in [0.2, 0.25) is 0 Å². The average Bonchev–Trinajstić information content (AvgIpc) is 2.43.